The Labute approximate surface area is 123 Å². The third-order valence-corrected chi connectivity index (χ3v) is 3.16. The summed E-state index contributed by atoms with van der Waals surface area (Å²) in [6.45, 7) is 4.24. The van der Waals surface area contributed by atoms with E-state index in [1.54, 1.807) is 11.8 Å². The molecule has 0 saturated carbocycles. The maximum Gasteiger partial charge on any atom is 0.320 e. The Bertz CT molecular complexity index is 583. The van der Waals surface area contributed by atoms with E-state index in [-0.39, 0.29) is 18.6 Å². The van der Waals surface area contributed by atoms with E-state index in [0.29, 0.717) is 18.4 Å². The van der Waals surface area contributed by atoms with Crippen molar-refractivity contribution in [2.45, 2.75) is 19.9 Å². The van der Waals surface area contributed by atoms with E-state index in [1.807, 2.05) is 44.3 Å². The van der Waals surface area contributed by atoms with Crippen molar-refractivity contribution in [1.29, 1.82) is 0 Å². The summed E-state index contributed by atoms with van der Waals surface area (Å²) in [7, 11) is 1.81. The molecule has 6 heteroatoms. The highest BCUT2D eigenvalue weighted by Gasteiger charge is 2.21. The van der Waals surface area contributed by atoms with Gasteiger partial charge in [0.2, 0.25) is 11.8 Å². The summed E-state index contributed by atoms with van der Waals surface area (Å²) in [6.07, 6.45) is 0. The molecule has 0 bridgehead atoms. The Morgan fingerprint density at radius 3 is 2.71 bits per heavy atom. The molecular weight excluding hydrogens is 270 g/mol. The van der Waals surface area contributed by atoms with Gasteiger partial charge in [0.1, 0.15) is 0 Å². The molecule has 0 radical (unpaired) electrons. The van der Waals surface area contributed by atoms with Crippen molar-refractivity contribution >= 4 is 5.97 Å². The van der Waals surface area contributed by atoms with Gasteiger partial charge in [-0.1, -0.05) is 18.2 Å². The number of carbonyl (C=O) groups excluding carboxylic acids is 1. The van der Waals surface area contributed by atoms with Crippen molar-refractivity contribution in [2.24, 2.45) is 0 Å². The first kappa shape index (κ1) is 15.2. The number of carbonyl (C=O) groups is 1. The summed E-state index contributed by atoms with van der Waals surface area (Å²) >= 11 is 0. The smallest absolute Gasteiger partial charge is 0.320 e. The number of esters is 1. The molecule has 1 aromatic heterocycles. The SMILES string of the molecule is CCOC(=O)CN(C)C(C)c1nnc(-c2ccccc2)o1. The highest BCUT2D eigenvalue weighted by molar-refractivity contribution is 5.71. The molecule has 0 aliphatic rings. The number of benzene rings is 1. The topological polar surface area (TPSA) is 68.5 Å². The molecule has 0 saturated heterocycles. The van der Waals surface area contributed by atoms with Crippen LogP contribution in [0.3, 0.4) is 0 Å². The van der Waals surface area contributed by atoms with Gasteiger partial charge in [-0.05, 0) is 33.0 Å². The van der Waals surface area contributed by atoms with E-state index < -0.39 is 0 Å². The maximum atomic E-state index is 11.5. The zero-order valence-electron chi connectivity index (χ0n) is 12.4. The number of nitrogens with zero attached hydrogens (tertiary/aromatic N) is 3. The van der Waals surface area contributed by atoms with Crippen LogP contribution in [0.1, 0.15) is 25.8 Å². The number of hydrogen-bond acceptors (Lipinski definition) is 6. The van der Waals surface area contributed by atoms with Crippen LogP contribution in [0, 0.1) is 0 Å². The quantitative estimate of drug-likeness (QED) is 0.760. The molecule has 112 valence electrons. The summed E-state index contributed by atoms with van der Waals surface area (Å²) in [6, 6.07) is 9.40. The lowest BCUT2D eigenvalue weighted by atomic mass is 10.2. The van der Waals surface area contributed by atoms with E-state index in [0.717, 1.165) is 5.56 Å². The van der Waals surface area contributed by atoms with Crippen molar-refractivity contribution in [3.63, 3.8) is 0 Å². The van der Waals surface area contributed by atoms with Gasteiger partial charge in [0.15, 0.2) is 0 Å². The molecule has 0 fully saturated rings. The van der Waals surface area contributed by atoms with Crippen LogP contribution in [0.25, 0.3) is 11.5 Å². The van der Waals surface area contributed by atoms with E-state index >= 15 is 0 Å². The van der Waals surface area contributed by atoms with Crippen LogP contribution in [-0.4, -0.2) is 41.3 Å². The van der Waals surface area contributed by atoms with E-state index in [1.165, 1.54) is 0 Å². The average molecular weight is 289 g/mol. The first-order valence-electron chi connectivity index (χ1n) is 6.86. The summed E-state index contributed by atoms with van der Waals surface area (Å²) in [5, 5.41) is 8.10. The third kappa shape index (κ3) is 3.88. The lowest BCUT2D eigenvalue weighted by Gasteiger charge is -2.20. The van der Waals surface area contributed by atoms with Gasteiger partial charge in [0.25, 0.3) is 0 Å². The average Bonchev–Trinajstić information content (AvgIpc) is 2.97. The Kier molecular flexibility index (Phi) is 5.05. The molecule has 1 aromatic carbocycles. The molecule has 2 rings (SSSR count). The minimum atomic E-state index is -0.269. The lowest BCUT2D eigenvalue weighted by Crippen LogP contribution is -2.30. The first-order chi connectivity index (χ1) is 10.1. The summed E-state index contributed by atoms with van der Waals surface area (Å²) in [4.78, 5) is 13.3. The molecule has 1 heterocycles. The normalized spacial score (nSPS) is 12.4. The summed E-state index contributed by atoms with van der Waals surface area (Å²) < 4.78 is 10.6. The zero-order chi connectivity index (χ0) is 15.2. The number of ether oxygens (including phenoxy) is 1. The van der Waals surface area contributed by atoms with Crippen molar-refractivity contribution < 1.29 is 13.9 Å². The second-order valence-corrected chi connectivity index (χ2v) is 4.71. The Balaban J connectivity index is 2.05. The van der Waals surface area contributed by atoms with Gasteiger partial charge in [-0.25, -0.2) is 0 Å². The second kappa shape index (κ2) is 6.99. The van der Waals surface area contributed by atoms with Gasteiger partial charge >= 0.3 is 5.97 Å². The molecule has 0 spiro atoms. The van der Waals surface area contributed by atoms with Crippen LogP contribution in [-0.2, 0) is 9.53 Å². The van der Waals surface area contributed by atoms with Gasteiger partial charge in [0.05, 0.1) is 19.2 Å². The van der Waals surface area contributed by atoms with Crippen LogP contribution in [0.4, 0.5) is 0 Å². The Morgan fingerprint density at radius 2 is 2.05 bits per heavy atom. The van der Waals surface area contributed by atoms with Gasteiger partial charge in [-0.3, -0.25) is 9.69 Å². The molecule has 1 unspecified atom stereocenters. The third-order valence-electron chi connectivity index (χ3n) is 3.16. The Hall–Kier alpha value is -2.21. The largest absolute Gasteiger partial charge is 0.465 e. The summed E-state index contributed by atoms with van der Waals surface area (Å²) in [5.74, 6) is 0.678. The molecule has 0 N–H and O–H groups in total. The number of hydrogen-bond donors (Lipinski definition) is 0. The zero-order valence-corrected chi connectivity index (χ0v) is 12.4. The lowest BCUT2D eigenvalue weighted by molar-refractivity contribution is -0.144. The van der Waals surface area contributed by atoms with Gasteiger partial charge in [-0.15, -0.1) is 10.2 Å². The van der Waals surface area contributed by atoms with Gasteiger partial charge < -0.3 is 9.15 Å². The fourth-order valence-corrected chi connectivity index (χ4v) is 1.84. The minimum Gasteiger partial charge on any atom is -0.465 e. The molecule has 21 heavy (non-hydrogen) atoms. The molecule has 2 aromatic rings. The van der Waals surface area contributed by atoms with Crippen molar-refractivity contribution in [3.05, 3.63) is 36.2 Å². The second-order valence-electron chi connectivity index (χ2n) is 4.71. The number of rotatable bonds is 6. The van der Waals surface area contributed by atoms with E-state index in [9.17, 15) is 4.79 Å². The van der Waals surface area contributed by atoms with E-state index in [2.05, 4.69) is 10.2 Å². The fourth-order valence-electron chi connectivity index (χ4n) is 1.84. The minimum absolute atomic E-state index is 0.167. The highest BCUT2D eigenvalue weighted by atomic mass is 16.5. The van der Waals surface area contributed by atoms with Crippen molar-refractivity contribution in [2.75, 3.05) is 20.2 Å². The number of aromatic nitrogens is 2. The highest BCUT2D eigenvalue weighted by Crippen LogP contribution is 2.22. The van der Waals surface area contributed by atoms with Crippen LogP contribution in [0.15, 0.2) is 34.7 Å². The van der Waals surface area contributed by atoms with Crippen molar-refractivity contribution in [3.8, 4) is 11.5 Å². The summed E-state index contributed by atoms with van der Waals surface area (Å²) in [5.41, 5.74) is 0.872. The molecule has 0 amide bonds. The predicted molar refractivity (Wildman–Crippen MR) is 77.4 cm³/mol. The number of likely N-dealkylation sites (N-methyl/N-ethyl adjacent to an activating group) is 1. The standard InChI is InChI=1S/C15H19N3O3/c1-4-20-13(19)10-18(3)11(2)14-16-17-15(21-14)12-8-6-5-7-9-12/h5-9,11H,4,10H2,1-3H3. The van der Waals surface area contributed by atoms with Crippen LogP contribution in [0.5, 0.6) is 0 Å². The van der Waals surface area contributed by atoms with Crippen LogP contribution in [0.2, 0.25) is 0 Å². The predicted octanol–water partition coefficient (Wildman–Crippen LogP) is 2.29. The van der Waals surface area contributed by atoms with E-state index in [4.69, 9.17) is 9.15 Å². The molecule has 1 atom stereocenters. The van der Waals surface area contributed by atoms with Gasteiger partial charge in [-0.2, -0.15) is 0 Å². The van der Waals surface area contributed by atoms with Crippen molar-refractivity contribution in [1.82, 2.24) is 15.1 Å². The molecular formula is C15H19N3O3. The maximum absolute atomic E-state index is 11.5. The molecule has 0 aliphatic heterocycles. The molecule has 6 nitrogen and oxygen atoms in total. The van der Waals surface area contributed by atoms with Crippen LogP contribution < -0.4 is 0 Å². The van der Waals surface area contributed by atoms with Crippen LogP contribution >= 0.6 is 0 Å². The Morgan fingerprint density at radius 1 is 1.33 bits per heavy atom. The van der Waals surface area contributed by atoms with Gasteiger partial charge in [0, 0.05) is 5.56 Å². The monoisotopic (exact) mass is 289 g/mol. The first-order valence-corrected chi connectivity index (χ1v) is 6.86. The molecule has 0 aliphatic carbocycles. The fraction of sp³-hybridized carbons (Fsp3) is 0.400.